The molecule has 0 spiro atoms. The molecular weight excluding hydrogens is 406 g/mol. The standard InChI is InChI=1S/C24H25N5O3/c25-24-23(21(30)13-18-14-26-6-5-20(18)29-7-10-31-11-8-29)28-19(15-27-24)16-3-4-22-17(12-16)2-1-9-32-22/h3-6,12,14-15H,1-2,7-11,13H2,(H2,25,27). The second-order valence-electron chi connectivity index (χ2n) is 7.97. The number of morpholine rings is 1. The van der Waals surface area contributed by atoms with Crippen molar-refractivity contribution in [3.8, 4) is 17.0 Å². The van der Waals surface area contributed by atoms with Gasteiger partial charge in [0.1, 0.15) is 11.4 Å². The van der Waals surface area contributed by atoms with Crippen molar-refractivity contribution in [2.24, 2.45) is 0 Å². The highest BCUT2D eigenvalue weighted by Crippen LogP contribution is 2.30. The molecule has 164 valence electrons. The van der Waals surface area contributed by atoms with Crippen molar-refractivity contribution in [3.05, 3.63) is 59.7 Å². The second-order valence-corrected chi connectivity index (χ2v) is 7.97. The average molecular weight is 431 g/mol. The van der Waals surface area contributed by atoms with Crippen LogP contribution in [0.3, 0.4) is 0 Å². The van der Waals surface area contributed by atoms with E-state index in [0.717, 1.165) is 60.7 Å². The van der Waals surface area contributed by atoms with E-state index in [-0.39, 0.29) is 23.7 Å². The van der Waals surface area contributed by atoms with E-state index in [0.29, 0.717) is 18.9 Å². The first-order valence-corrected chi connectivity index (χ1v) is 10.9. The van der Waals surface area contributed by atoms with Gasteiger partial charge in [-0.05, 0) is 42.7 Å². The van der Waals surface area contributed by atoms with Crippen molar-refractivity contribution in [1.29, 1.82) is 0 Å². The molecule has 2 aliphatic heterocycles. The Balaban J connectivity index is 1.42. The number of rotatable bonds is 5. The van der Waals surface area contributed by atoms with Gasteiger partial charge in [-0.1, -0.05) is 0 Å². The predicted octanol–water partition coefficient (Wildman–Crippen LogP) is 2.71. The Morgan fingerprint density at radius 3 is 2.88 bits per heavy atom. The van der Waals surface area contributed by atoms with E-state index in [2.05, 4.69) is 25.9 Å². The van der Waals surface area contributed by atoms with Crippen molar-refractivity contribution in [2.75, 3.05) is 43.5 Å². The minimum atomic E-state index is -0.180. The number of hydrogen-bond donors (Lipinski definition) is 1. The lowest BCUT2D eigenvalue weighted by Crippen LogP contribution is -2.37. The summed E-state index contributed by atoms with van der Waals surface area (Å²) in [6.45, 7) is 3.65. The highest BCUT2D eigenvalue weighted by atomic mass is 16.5. The molecule has 0 bridgehead atoms. The first-order chi connectivity index (χ1) is 15.7. The van der Waals surface area contributed by atoms with E-state index < -0.39 is 0 Å². The largest absolute Gasteiger partial charge is 0.493 e. The summed E-state index contributed by atoms with van der Waals surface area (Å²) in [4.78, 5) is 28.5. The third kappa shape index (κ3) is 4.13. The second kappa shape index (κ2) is 8.92. The van der Waals surface area contributed by atoms with Crippen LogP contribution in [0.2, 0.25) is 0 Å². The van der Waals surface area contributed by atoms with E-state index in [1.54, 1.807) is 18.6 Å². The van der Waals surface area contributed by atoms with Gasteiger partial charge < -0.3 is 20.1 Å². The number of ketones is 1. The molecule has 8 heteroatoms. The van der Waals surface area contributed by atoms with Gasteiger partial charge in [-0.25, -0.2) is 9.97 Å². The van der Waals surface area contributed by atoms with E-state index in [9.17, 15) is 4.79 Å². The number of Topliss-reactive ketones (excluding diaryl/α,β-unsaturated/α-hetero) is 1. The number of nitrogens with zero attached hydrogens (tertiary/aromatic N) is 4. The Hall–Kier alpha value is -3.52. The molecule has 1 fully saturated rings. The van der Waals surface area contributed by atoms with Crippen LogP contribution in [0.1, 0.15) is 28.0 Å². The Bertz CT molecular complexity index is 1140. The molecule has 0 radical (unpaired) electrons. The Kier molecular flexibility index (Phi) is 5.68. The van der Waals surface area contributed by atoms with Gasteiger partial charge in [-0.3, -0.25) is 9.78 Å². The fraction of sp³-hybridized carbons (Fsp3) is 0.333. The maximum absolute atomic E-state index is 13.2. The molecule has 4 heterocycles. The van der Waals surface area contributed by atoms with Crippen molar-refractivity contribution < 1.29 is 14.3 Å². The maximum Gasteiger partial charge on any atom is 0.189 e. The molecule has 5 rings (SSSR count). The normalized spacial score (nSPS) is 15.7. The van der Waals surface area contributed by atoms with Crippen LogP contribution < -0.4 is 15.4 Å². The number of ether oxygens (including phenoxy) is 2. The summed E-state index contributed by atoms with van der Waals surface area (Å²) in [5.41, 5.74) is 10.7. The molecule has 3 aromatic rings. The van der Waals surface area contributed by atoms with Gasteiger partial charge in [-0.15, -0.1) is 0 Å². The molecule has 0 saturated carbocycles. The van der Waals surface area contributed by atoms with Crippen molar-refractivity contribution in [2.45, 2.75) is 19.3 Å². The number of carbonyl (C=O) groups is 1. The number of hydrogen-bond acceptors (Lipinski definition) is 8. The van der Waals surface area contributed by atoms with Crippen LogP contribution in [0.25, 0.3) is 11.3 Å². The van der Waals surface area contributed by atoms with Crippen LogP contribution >= 0.6 is 0 Å². The van der Waals surface area contributed by atoms with Gasteiger partial charge in [-0.2, -0.15) is 0 Å². The van der Waals surface area contributed by atoms with Crippen molar-refractivity contribution in [3.63, 3.8) is 0 Å². The molecule has 2 aromatic heterocycles. The summed E-state index contributed by atoms with van der Waals surface area (Å²) < 4.78 is 11.1. The van der Waals surface area contributed by atoms with E-state index in [1.165, 1.54) is 0 Å². The van der Waals surface area contributed by atoms with E-state index >= 15 is 0 Å². The van der Waals surface area contributed by atoms with Crippen molar-refractivity contribution >= 4 is 17.3 Å². The number of aryl methyl sites for hydroxylation is 1. The first-order valence-electron chi connectivity index (χ1n) is 10.9. The third-order valence-corrected chi connectivity index (χ3v) is 5.85. The van der Waals surface area contributed by atoms with E-state index in [1.807, 2.05) is 18.2 Å². The molecule has 2 N–H and O–H groups in total. The quantitative estimate of drug-likeness (QED) is 0.615. The lowest BCUT2D eigenvalue weighted by atomic mass is 10.0. The van der Waals surface area contributed by atoms with Crippen LogP contribution in [0.4, 0.5) is 11.5 Å². The molecular formula is C24H25N5O3. The van der Waals surface area contributed by atoms with Crippen LogP contribution in [-0.4, -0.2) is 53.6 Å². The van der Waals surface area contributed by atoms with Gasteiger partial charge in [0, 0.05) is 48.7 Å². The summed E-state index contributed by atoms with van der Waals surface area (Å²) in [6.07, 6.45) is 7.20. The third-order valence-electron chi connectivity index (χ3n) is 5.85. The molecule has 8 nitrogen and oxygen atoms in total. The molecule has 32 heavy (non-hydrogen) atoms. The summed E-state index contributed by atoms with van der Waals surface area (Å²) >= 11 is 0. The Morgan fingerprint density at radius 2 is 2.00 bits per heavy atom. The number of anilines is 2. The van der Waals surface area contributed by atoms with Crippen LogP contribution in [0.5, 0.6) is 5.75 Å². The van der Waals surface area contributed by atoms with Crippen LogP contribution in [-0.2, 0) is 17.6 Å². The minimum Gasteiger partial charge on any atom is -0.493 e. The summed E-state index contributed by atoms with van der Waals surface area (Å²) in [6, 6.07) is 7.89. The summed E-state index contributed by atoms with van der Waals surface area (Å²) in [5, 5.41) is 0. The van der Waals surface area contributed by atoms with Crippen molar-refractivity contribution in [1.82, 2.24) is 15.0 Å². The summed E-state index contributed by atoms with van der Waals surface area (Å²) in [7, 11) is 0. The number of nitrogens with two attached hydrogens (primary N) is 1. The number of pyridine rings is 1. The van der Waals surface area contributed by atoms with Gasteiger partial charge in [0.15, 0.2) is 11.6 Å². The molecule has 0 unspecified atom stereocenters. The van der Waals surface area contributed by atoms with Crippen LogP contribution in [0, 0.1) is 0 Å². The number of fused-ring (bicyclic) bond motifs is 1. The lowest BCUT2D eigenvalue weighted by Gasteiger charge is -2.30. The molecule has 1 aromatic carbocycles. The van der Waals surface area contributed by atoms with Gasteiger partial charge in [0.25, 0.3) is 0 Å². The Labute approximate surface area is 186 Å². The molecule has 2 aliphatic rings. The van der Waals surface area contributed by atoms with Gasteiger partial charge >= 0.3 is 0 Å². The minimum absolute atomic E-state index is 0.136. The first kappa shape index (κ1) is 20.4. The zero-order chi connectivity index (χ0) is 21.9. The number of carbonyl (C=O) groups excluding carboxylic acids is 1. The SMILES string of the molecule is Nc1ncc(-c2ccc3c(c2)CCCO3)nc1C(=O)Cc1cnccc1N1CCOCC1. The monoisotopic (exact) mass is 431 g/mol. The number of aromatic nitrogens is 3. The zero-order valence-corrected chi connectivity index (χ0v) is 17.8. The van der Waals surface area contributed by atoms with E-state index in [4.69, 9.17) is 15.2 Å². The number of benzene rings is 1. The molecule has 1 saturated heterocycles. The maximum atomic E-state index is 13.2. The smallest absolute Gasteiger partial charge is 0.189 e. The molecule has 0 aliphatic carbocycles. The summed E-state index contributed by atoms with van der Waals surface area (Å²) in [5.74, 6) is 0.865. The predicted molar refractivity (Wildman–Crippen MR) is 121 cm³/mol. The zero-order valence-electron chi connectivity index (χ0n) is 17.8. The Morgan fingerprint density at radius 1 is 1.12 bits per heavy atom. The topological polar surface area (TPSA) is 103 Å². The fourth-order valence-corrected chi connectivity index (χ4v) is 4.19. The fourth-order valence-electron chi connectivity index (χ4n) is 4.19. The average Bonchev–Trinajstić information content (AvgIpc) is 2.85. The molecule has 0 amide bonds. The van der Waals surface area contributed by atoms with Gasteiger partial charge in [0.05, 0.1) is 31.7 Å². The highest BCUT2D eigenvalue weighted by Gasteiger charge is 2.21. The number of nitrogen functional groups attached to an aromatic ring is 1. The van der Waals surface area contributed by atoms with Gasteiger partial charge in [0.2, 0.25) is 0 Å². The highest BCUT2D eigenvalue weighted by molar-refractivity contribution is 6.00. The van der Waals surface area contributed by atoms with Crippen LogP contribution in [0.15, 0.2) is 42.9 Å². The lowest BCUT2D eigenvalue weighted by molar-refractivity contribution is 0.0988. The molecule has 0 atom stereocenters.